The number of hydrogen-bond donors (Lipinski definition) is 1. The molecule has 0 saturated carbocycles. The predicted molar refractivity (Wildman–Crippen MR) is 128 cm³/mol. The summed E-state index contributed by atoms with van der Waals surface area (Å²) in [5.74, 6) is -2.56. The van der Waals surface area contributed by atoms with Gasteiger partial charge in [0.05, 0.1) is 23.7 Å². The van der Waals surface area contributed by atoms with Crippen LogP contribution >= 0.6 is 0 Å². The lowest BCUT2D eigenvalue weighted by molar-refractivity contribution is -0.117. The van der Waals surface area contributed by atoms with E-state index in [0.717, 1.165) is 11.6 Å². The Balaban J connectivity index is 1.91. The quantitative estimate of drug-likeness (QED) is 0.401. The van der Waals surface area contributed by atoms with E-state index in [-0.39, 0.29) is 29.4 Å². The first-order valence-corrected chi connectivity index (χ1v) is 11.2. The summed E-state index contributed by atoms with van der Waals surface area (Å²) >= 11 is 0. The molecule has 1 aliphatic rings. The molecular formula is C27H22F2N2O4. The van der Waals surface area contributed by atoms with Gasteiger partial charge in [-0.3, -0.25) is 4.79 Å². The molecule has 35 heavy (non-hydrogen) atoms. The predicted octanol–water partition coefficient (Wildman–Crippen LogP) is 5.47. The van der Waals surface area contributed by atoms with Crippen molar-refractivity contribution < 1.29 is 28.2 Å². The average molecular weight is 476 g/mol. The second-order valence-electron chi connectivity index (χ2n) is 8.42. The second kappa shape index (κ2) is 8.87. The minimum absolute atomic E-state index is 0.123. The molecule has 0 spiro atoms. The van der Waals surface area contributed by atoms with Gasteiger partial charge in [-0.1, -0.05) is 30.3 Å². The van der Waals surface area contributed by atoms with E-state index < -0.39 is 17.6 Å². The highest BCUT2D eigenvalue weighted by molar-refractivity contribution is 6.17. The number of rotatable bonds is 6. The first kappa shape index (κ1) is 22.6. The zero-order chi connectivity index (χ0) is 24.7. The Kier molecular flexibility index (Phi) is 5.72. The minimum atomic E-state index is -1.26. The summed E-state index contributed by atoms with van der Waals surface area (Å²) in [5, 5.41) is 10.8. The zero-order valence-electron chi connectivity index (χ0n) is 18.9. The highest BCUT2D eigenvalue weighted by Crippen LogP contribution is 2.45. The van der Waals surface area contributed by atoms with Gasteiger partial charge in [0.25, 0.3) is 0 Å². The molecule has 0 aliphatic carbocycles. The van der Waals surface area contributed by atoms with Crippen molar-refractivity contribution in [2.45, 2.75) is 19.4 Å². The maximum atomic E-state index is 14.0. The molecule has 178 valence electrons. The molecule has 8 heteroatoms. The van der Waals surface area contributed by atoms with Gasteiger partial charge in [0.2, 0.25) is 5.91 Å². The number of amides is 1. The van der Waals surface area contributed by atoms with Gasteiger partial charge in [0.15, 0.2) is 5.69 Å². The van der Waals surface area contributed by atoms with E-state index >= 15 is 0 Å². The zero-order valence-corrected chi connectivity index (χ0v) is 18.9. The van der Waals surface area contributed by atoms with Crippen LogP contribution in [0.2, 0.25) is 0 Å². The van der Waals surface area contributed by atoms with Crippen molar-refractivity contribution in [3.05, 3.63) is 83.6 Å². The summed E-state index contributed by atoms with van der Waals surface area (Å²) in [4.78, 5) is 27.0. The van der Waals surface area contributed by atoms with Crippen molar-refractivity contribution in [1.29, 1.82) is 0 Å². The summed E-state index contributed by atoms with van der Waals surface area (Å²) in [6.45, 7) is 0.243. The molecule has 5 rings (SSSR count). The van der Waals surface area contributed by atoms with Crippen LogP contribution < -0.4 is 9.64 Å². The Morgan fingerprint density at radius 1 is 1.06 bits per heavy atom. The van der Waals surface area contributed by atoms with Crippen molar-refractivity contribution in [2.75, 3.05) is 18.6 Å². The van der Waals surface area contributed by atoms with E-state index in [1.807, 2.05) is 36.4 Å². The number of aromatic carboxylic acids is 1. The fourth-order valence-corrected chi connectivity index (χ4v) is 4.87. The van der Waals surface area contributed by atoms with Gasteiger partial charge in [-0.15, -0.1) is 0 Å². The normalized spacial score (nSPS) is 13.6. The highest BCUT2D eigenvalue weighted by Gasteiger charge is 2.34. The second-order valence-corrected chi connectivity index (χ2v) is 8.42. The van der Waals surface area contributed by atoms with Crippen LogP contribution in [0.15, 0.2) is 60.7 Å². The molecule has 4 aromatic rings. The molecule has 1 amide bonds. The number of benzene rings is 3. The summed E-state index contributed by atoms with van der Waals surface area (Å²) in [6.07, 6.45) is 0.905. The number of anilines is 1. The third kappa shape index (κ3) is 3.90. The van der Waals surface area contributed by atoms with Crippen LogP contribution in [0.25, 0.3) is 22.0 Å². The van der Waals surface area contributed by atoms with Crippen molar-refractivity contribution in [2.24, 2.45) is 0 Å². The SMILES string of the molecule is COc1ccc(-c2ccccc2)c2c1c(N1CCCC1=O)c(C(=O)O)n2Cc1cc(F)cc(F)c1. The van der Waals surface area contributed by atoms with E-state index in [2.05, 4.69) is 0 Å². The van der Waals surface area contributed by atoms with Crippen molar-refractivity contribution in [3.63, 3.8) is 0 Å². The average Bonchev–Trinajstić information content (AvgIpc) is 3.39. The monoisotopic (exact) mass is 476 g/mol. The number of carboxylic acid groups (broad SMARTS) is 1. The number of carboxylic acids is 1. The summed E-state index contributed by atoms with van der Waals surface area (Å²) in [7, 11) is 1.48. The molecule has 1 fully saturated rings. The third-order valence-corrected chi connectivity index (χ3v) is 6.25. The van der Waals surface area contributed by atoms with E-state index in [1.165, 1.54) is 28.7 Å². The topological polar surface area (TPSA) is 71.8 Å². The van der Waals surface area contributed by atoms with Crippen LogP contribution in [0, 0.1) is 11.6 Å². The van der Waals surface area contributed by atoms with E-state index in [9.17, 15) is 23.5 Å². The number of halogens is 2. The molecule has 0 atom stereocenters. The van der Waals surface area contributed by atoms with Crippen LogP contribution in [0.5, 0.6) is 5.75 Å². The number of nitrogens with zero attached hydrogens (tertiary/aromatic N) is 2. The van der Waals surface area contributed by atoms with E-state index in [4.69, 9.17) is 4.74 Å². The Hall–Kier alpha value is -4.20. The minimum Gasteiger partial charge on any atom is -0.496 e. The summed E-state index contributed by atoms with van der Waals surface area (Å²) in [5.41, 5.74) is 2.39. The van der Waals surface area contributed by atoms with Gasteiger partial charge in [0.1, 0.15) is 17.4 Å². The van der Waals surface area contributed by atoms with Gasteiger partial charge in [0, 0.05) is 31.1 Å². The highest BCUT2D eigenvalue weighted by atomic mass is 19.1. The van der Waals surface area contributed by atoms with Crippen LogP contribution in [0.3, 0.4) is 0 Å². The summed E-state index contributed by atoms with van der Waals surface area (Å²) < 4.78 is 35.2. The number of hydrogen-bond acceptors (Lipinski definition) is 3. The maximum Gasteiger partial charge on any atom is 0.354 e. The van der Waals surface area contributed by atoms with E-state index in [0.29, 0.717) is 41.6 Å². The fourth-order valence-electron chi connectivity index (χ4n) is 4.87. The molecular weight excluding hydrogens is 454 g/mol. The van der Waals surface area contributed by atoms with Crippen molar-refractivity contribution in [1.82, 2.24) is 4.57 Å². The lowest BCUT2D eigenvalue weighted by Gasteiger charge is -2.17. The van der Waals surface area contributed by atoms with Crippen LogP contribution in [-0.2, 0) is 11.3 Å². The van der Waals surface area contributed by atoms with Crippen LogP contribution in [-0.4, -0.2) is 35.2 Å². The molecule has 1 N–H and O–H groups in total. The smallest absolute Gasteiger partial charge is 0.354 e. The number of carbonyl (C=O) groups excluding carboxylic acids is 1. The number of ether oxygens (including phenoxy) is 1. The van der Waals surface area contributed by atoms with Crippen molar-refractivity contribution >= 4 is 28.5 Å². The standard InChI is InChI=1S/C27H22F2N2O4/c1-35-21-10-9-20(17-6-3-2-4-7-17)24-23(21)25(30-11-5-8-22(30)32)26(27(33)34)31(24)15-16-12-18(28)14-19(29)13-16/h2-4,6-7,9-10,12-14H,5,8,11,15H2,1H3,(H,33,34). The number of fused-ring (bicyclic) bond motifs is 1. The molecule has 0 radical (unpaired) electrons. The van der Waals surface area contributed by atoms with Gasteiger partial charge in [-0.05, 0) is 41.8 Å². The van der Waals surface area contributed by atoms with Crippen LogP contribution in [0.1, 0.15) is 28.9 Å². The van der Waals surface area contributed by atoms with Gasteiger partial charge in [-0.2, -0.15) is 0 Å². The first-order valence-electron chi connectivity index (χ1n) is 11.2. The van der Waals surface area contributed by atoms with Gasteiger partial charge in [-0.25, -0.2) is 13.6 Å². The number of carbonyl (C=O) groups is 2. The molecule has 1 aliphatic heterocycles. The Labute approximate surface area is 200 Å². The molecule has 0 bridgehead atoms. The third-order valence-electron chi connectivity index (χ3n) is 6.25. The molecule has 6 nitrogen and oxygen atoms in total. The Morgan fingerprint density at radius 2 is 1.77 bits per heavy atom. The van der Waals surface area contributed by atoms with Gasteiger partial charge < -0.3 is 19.3 Å². The Morgan fingerprint density at radius 3 is 2.37 bits per heavy atom. The molecule has 1 saturated heterocycles. The number of methoxy groups -OCH3 is 1. The molecule has 0 unspecified atom stereocenters. The fraction of sp³-hybridized carbons (Fsp3) is 0.185. The maximum absolute atomic E-state index is 14.0. The van der Waals surface area contributed by atoms with E-state index in [1.54, 1.807) is 6.07 Å². The molecule has 3 aromatic carbocycles. The first-order chi connectivity index (χ1) is 16.9. The molecule has 1 aromatic heterocycles. The Bertz CT molecular complexity index is 1440. The van der Waals surface area contributed by atoms with Gasteiger partial charge >= 0.3 is 5.97 Å². The lowest BCUT2D eigenvalue weighted by Crippen LogP contribution is -2.26. The van der Waals surface area contributed by atoms with Crippen LogP contribution in [0.4, 0.5) is 14.5 Å². The largest absolute Gasteiger partial charge is 0.496 e. The number of aromatic nitrogens is 1. The lowest BCUT2D eigenvalue weighted by atomic mass is 10.0. The molecule has 2 heterocycles. The summed E-state index contributed by atoms with van der Waals surface area (Å²) in [6, 6.07) is 16.1. The van der Waals surface area contributed by atoms with Crippen molar-refractivity contribution in [3.8, 4) is 16.9 Å².